The van der Waals surface area contributed by atoms with E-state index >= 15 is 0 Å². The summed E-state index contributed by atoms with van der Waals surface area (Å²) < 4.78 is 46.6. The van der Waals surface area contributed by atoms with Crippen LogP contribution in [-0.4, -0.2) is 144 Å². The van der Waals surface area contributed by atoms with Gasteiger partial charge in [-0.3, -0.25) is 14.6 Å². The third-order valence-corrected chi connectivity index (χ3v) is 15.0. The highest BCUT2D eigenvalue weighted by Gasteiger charge is 2.45. The smallest absolute Gasteiger partial charge is 0.334 e. The quantitative estimate of drug-likeness (QED) is 0.352. The van der Waals surface area contributed by atoms with Gasteiger partial charge in [0.15, 0.2) is 0 Å². The van der Waals surface area contributed by atoms with Crippen LogP contribution in [-0.2, 0) is 19.6 Å². The number of rotatable bonds is 8. The molecule has 0 spiro atoms. The molecule has 14 heteroatoms. The van der Waals surface area contributed by atoms with Crippen molar-refractivity contribution in [3.05, 3.63) is 70.6 Å². The molecule has 0 bridgehead atoms. The normalized spacial score (nSPS) is 24.0. The Morgan fingerprint density at radius 3 is 2.22 bits per heavy atom. The Kier molecular flexibility index (Phi) is 13.1. The number of carbonyl (C=O) groups excluding carboxylic acids is 2. The summed E-state index contributed by atoms with van der Waals surface area (Å²) in [7, 11) is 0.232. The zero-order valence-corrected chi connectivity index (χ0v) is 34.4. The first-order chi connectivity index (χ1) is 26.2. The minimum atomic E-state index is -3.18. The molecule has 1 amide bonds. The number of nitrogens with zero attached hydrogens (tertiary/aromatic N) is 7. The molecule has 4 aliphatic heterocycles. The third kappa shape index (κ3) is 9.47. The van der Waals surface area contributed by atoms with Crippen molar-refractivity contribution < 1.29 is 27.1 Å². The molecule has 3 saturated heterocycles. The highest BCUT2D eigenvalue weighted by Crippen LogP contribution is 2.41. The molecule has 1 aromatic carbocycles. The lowest BCUT2D eigenvalue weighted by Crippen LogP contribution is -2.63. The maximum Gasteiger partial charge on any atom is 0.334 e. The largest absolute Gasteiger partial charge is 0.466 e. The number of hydrogen-bond donors (Lipinski definition) is 0. The number of aromatic nitrogens is 2. The zero-order valence-electron chi connectivity index (χ0n) is 33.5. The van der Waals surface area contributed by atoms with E-state index in [1.807, 2.05) is 37.9 Å². The molecule has 12 nitrogen and oxygen atoms in total. The van der Waals surface area contributed by atoms with Gasteiger partial charge in [-0.2, -0.15) is 0 Å². The van der Waals surface area contributed by atoms with Gasteiger partial charge in [0.1, 0.15) is 12.1 Å². The first kappa shape index (κ1) is 41.3. The Hall–Kier alpha value is -3.30. The van der Waals surface area contributed by atoms with E-state index in [-0.39, 0.29) is 46.5 Å². The summed E-state index contributed by atoms with van der Waals surface area (Å²) in [6.45, 7) is 15.2. The molecule has 0 unspecified atom stereocenters. The van der Waals surface area contributed by atoms with Gasteiger partial charge < -0.3 is 14.5 Å². The molecule has 5 aliphatic rings. The van der Waals surface area contributed by atoms with Crippen molar-refractivity contribution in [1.82, 2.24) is 33.9 Å². The zero-order chi connectivity index (χ0) is 39.5. The predicted molar refractivity (Wildman–Crippen MR) is 210 cm³/mol. The number of benzene rings is 1. The van der Waals surface area contributed by atoms with Crippen LogP contribution in [0, 0.1) is 25.6 Å². The molecular formula is C41H60FN7O5S. The number of esters is 1. The molecule has 0 radical (unpaired) electrons. The molecule has 1 aliphatic carbocycles. The van der Waals surface area contributed by atoms with Gasteiger partial charge in [-0.25, -0.2) is 31.9 Å². The molecule has 1 aromatic heterocycles. The van der Waals surface area contributed by atoms with Crippen LogP contribution in [0.15, 0.2) is 42.2 Å². The van der Waals surface area contributed by atoms with E-state index < -0.39 is 10.0 Å². The second-order valence-electron chi connectivity index (χ2n) is 16.5. The summed E-state index contributed by atoms with van der Waals surface area (Å²) in [5, 5.41) is -0.182. The van der Waals surface area contributed by atoms with Gasteiger partial charge in [-0.15, -0.1) is 0 Å². The number of aryl methyl sites for hydroxylation is 2. The Bertz CT molecular complexity index is 1800. The number of carbonyl (C=O) groups is 2. The fourth-order valence-electron chi connectivity index (χ4n) is 9.06. The fourth-order valence-corrected chi connectivity index (χ4v) is 10.9. The second-order valence-corrected chi connectivity index (χ2v) is 18.7. The van der Waals surface area contributed by atoms with Crippen LogP contribution in [0.25, 0.3) is 0 Å². The number of amides is 1. The van der Waals surface area contributed by atoms with E-state index in [1.54, 1.807) is 16.4 Å². The van der Waals surface area contributed by atoms with E-state index in [4.69, 9.17) is 0 Å². The summed E-state index contributed by atoms with van der Waals surface area (Å²) in [5.41, 5.74) is 3.83. The molecule has 2 aromatic rings. The molecule has 302 valence electrons. The van der Waals surface area contributed by atoms with Crippen LogP contribution >= 0.6 is 0 Å². The van der Waals surface area contributed by atoms with E-state index in [2.05, 4.69) is 43.3 Å². The highest BCUT2D eigenvalue weighted by atomic mass is 32.2. The lowest BCUT2D eigenvalue weighted by atomic mass is 9.82. The van der Waals surface area contributed by atoms with E-state index in [9.17, 15) is 22.4 Å². The van der Waals surface area contributed by atoms with Crippen LogP contribution in [0.2, 0.25) is 0 Å². The van der Waals surface area contributed by atoms with Crippen molar-refractivity contribution in [2.75, 3.05) is 73.1 Å². The van der Waals surface area contributed by atoms with Crippen LogP contribution in [0.5, 0.6) is 0 Å². The van der Waals surface area contributed by atoms with Crippen LogP contribution < -0.4 is 0 Å². The molecule has 1 saturated carbocycles. The number of likely N-dealkylation sites (tertiary alicyclic amines) is 1. The molecule has 55 heavy (non-hydrogen) atoms. The predicted octanol–water partition coefficient (Wildman–Crippen LogP) is 4.60. The highest BCUT2D eigenvalue weighted by molar-refractivity contribution is 7.90. The Balaban J connectivity index is 0.000000403. The SMILES string of the molecule is COC(=O)C1=CCCN(C)C1.Cc1ncnc(C)c1C(=O)N1CCC(C)(N2CCN([C@H](c3cccc(F)c3)C3CCN(S(=O)(=O)C4CC4)CC3)[C@H](C)C2)CC1. The number of methoxy groups -OCH3 is 1. The van der Waals surface area contributed by atoms with Gasteiger partial charge >= 0.3 is 5.97 Å². The van der Waals surface area contributed by atoms with Crippen molar-refractivity contribution >= 4 is 21.9 Å². The minimum Gasteiger partial charge on any atom is -0.466 e. The van der Waals surface area contributed by atoms with Gasteiger partial charge in [-0.05, 0) is 103 Å². The number of sulfonamides is 1. The molecule has 7 rings (SSSR count). The third-order valence-electron chi connectivity index (χ3n) is 12.6. The Morgan fingerprint density at radius 2 is 1.64 bits per heavy atom. The number of piperidine rings is 2. The van der Waals surface area contributed by atoms with Crippen LogP contribution in [0.3, 0.4) is 0 Å². The summed E-state index contributed by atoms with van der Waals surface area (Å²) in [6, 6.07) is 7.29. The lowest BCUT2D eigenvalue weighted by molar-refractivity contribution is -0.136. The first-order valence-electron chi connectivity index (χ1n) is 20.0. The summed E-state index contributed by atoms with van der Waals surface area (Å²) >= 11 is 0. The van der Waals surface area contributed by atoms with Crippen molar-refractivity contribution in [3.63, 3.8) is 0 Å². The standard InChI is InChI=1S/C33H47FN6O3S.C8H13NO2/c1-23-21-38(33(4)12-16-37(17-13-33)32(41)30-24(2)35-22-36-25(30)3)18-19-40(23)31(27-6-5-7-28(34)20-27)26-10-14-39(15-11-26)44(42,43)29-8-9-29;1-9-5-3-4-7(6-9)8(10)11-2/h5-7,20,22-23,26,29,31H,8-19,21H2,1-4H3;4H,3,5-6H2,1-2H3/t23-,31+;/m1./s1. The lowest BCUT2D eigenvalue weighted by Gasteiger charge is -2.54. The van der Waals surface area contributed by atoms with Crippen LogP contribution in [0.4, 0.5) is 4.39 Å². The monoisotopic (exact) mass is 781 g/mol. The number of hydrogen-bond acceptors (Lipinski definition) is 10. The van der Waals surface area contributed by atoms with Gasteiger partial charge in [0.05, 0.1) is 29.3 Å². The summed E-state index contributed by atoms with van der Waals surface area (Å²) in [6.07, 6.45) is 9.34. The van der Waals surface area contributed by atoms with Crippen molar-refractivity contribution in [1.29, 1.82) is 0 Å². The van der Waals surface area contributed by atoms with Crippen molar-refractivity contribution in [2.24, 2.45) is 5.92 Å². The molecule has 2 atom stereocenters. The topological polar surface area (TPSA) is 119 Å². The second kappa shape index (κ2) is 17.5. The van der Waals surface area contributed by atoms with Crippen LogP contribution in [0.1, 0.15) is 92.1 Å². The molecule has 0 N–H and O–H groups in total. The van der Waals surface area contributed by atoms with Gasteiger partial charge in [0.25, 0.3) is 5.91 Å². The minimum absolute atomic E-state index is 0.00866. The molecule has 5 heterocycles. The van der Waals surface area contributed by atoms with E-state index in [1.165, 1.54) is 19.5 Å². The van der Waals surface area contributed by atoms with Gasteiger partial charge in [0.2, 0.25) is 10.0 Å². The Labute approximate surface area is 327 Å². The number of halogens is 1. The first-order valence-corrected chi connectivity index (χ1v) is 21.5. The van der Waals surface area contributed by atoms with Gasteiger partial charge in [0, 0.05) is 82.1 Å². The van der Waals surface area contributed by atoms with E-state index in [0.29, 0.717) is 38.3 Å². The van der Waals surface area contributed by atoms with E-state index in [0.717, 1.165) is 93.6 Å². The number of likely N-dealkylation sites (N-methyl/N-ethyl adjacent to an activating group) is 1. The average Bonchev–Trinajstić information content (AvgIpc) is 4.03. The maximum absolute atomic E-state index is 14.5. The summed E-state index contributed by atoms with van der Waals surface area (Å²) in [4.78, 5) is 42.1. The summed E-state index contributed by atoms with van der Waals surface area (Å²) in [5.74, 6) is -0.143. The fraction of sp³-hybridized carbons (Fsp3) is 0.659. The molecular weight excluding hydrogens is 722 g/mol. The Morgan fingerprint density at radius 1 is 0.964 bits per heavy atom. The number of piperazine rings is 1. The molecule has 4 fully saturated rings. The van der Waals surface area contributed by atoms with Crippen molar-refractivity contribution in [2.45, 2.75) is 95.5 Å². The van der Waals surface area contributed by atoms with Crippen molar-refractivity contribution in [3.8, 4) is 0 Å². The number of ether oxygens (including phenoxy) is 1. The average molecular weight is 782 g/mol. The maximum atomic E-state index is 14.5. The van der Waals surface area contributed by atoms with Gasteiger partial charge in [-0.1, -0.05) is 18.2 Å².